The van der Waals surface area contributed by atoms with E-state index in [1.54, 1.807) is 0 Å². The Kier molecular flexibility index (Phi) is 4.11. The molecule has 3 nitrogen and oxygen atoms in total. The van der Waals surface area contributed by atoms with Crippen LogP contribution in [0.5, 0.6) is 0 Å². The first-order valence-corrected chi connectivity index (χ1v) is 7.12. The summed E-state index contributed by atoms with van der Waals surface area (Å²) in [5, 5.41) is 3.46. The van der Waals surface area contributed by atoms with Crippen LogP contribution in [0.15, 0.2) is 0 Å². The molecule has 2 atom stereocenters. The van der Waals surface area contributed by atoms with Gasteiger partial charge < -0.3 is 10.1 Å². The van der Waals surface area contributed by atoms with E-state index in [2.05, 4.69) is 38.0 Å². The van der Waals surface area contributed by atoms with Gasteiger partial charge in [-0.2, -0.15) is 0 Å². The summed E-state index contributed by atoms with van der Waals surface area (Å²) in [5.74, 6) is 0. The Labute approximate surface area is 106 Å². The van der Waals surface area contributed by atoms with Crippen molar-refractivity contribution in [3.8, 4) is 0 Å². The fraction of sp³-hybridized carbons (Fsp3) is 1.00. The molecule has 1 N–H and O–H groups in total. The van der Waals surface area contributed by atoms with Crippen LogP contribution in [-0.2, 0) is 4.74 Å². The summed E-state index contributed by atoms with van der Waals surface area (Å²) < 4.78 is 5.85. The average molecular weight is 240 g/mol. The lowest BCUT2D eigenvalue weighted by Crippen LogP contribution is -2.53. The fourth-order valence-electron chi connectivity index (χ4n) is 3.64. The maximum absolute atomic E-state index is 5.85. The molecule has 3 heteroatoms. The van der Waals surface area contributed by atoms with Crippen molar-refractivity contribution in [2.75, 3.05) is 20.2 Å². The van der Waals surface area contributed by atoms with Crippen LogP contribution in [0.3, 0.4) is 0 Å². The molecule has 0 aromatic carbocycles. The normalized spacial score (nSPS) is 34.2. The minimum atomic E-state index is 0.00205. The van der Waals surface area contributed by atoms with E-state index in [-0.39, 0.29) is 5.60 Å². The maximum Gasteiger partial charge on any atom is 0.0752 e. The second-order valence-electron chi connectivity index (χ2n) is 6.21. The van der Waals surface area contributed by atoms with E-state index in [9.17, 15) is 0 Å². The van der Waals surface area contributed by atoms with Gasteiger partial charge in [0.1, 0.15) is 0 Å². The van der Waals surface area contributed by atoms with Crippen molar-refractivity contribution in [2.24, 2.45) is 0 Å². The number of hydrogen-bond donors (Lipinski definition) is 1. The number of fused-ring (bicyclic) bond motifs is 2. The summed E-state index contributed by atoms with van der Waals surface area (Å²) >= 11 is 0. The molecule has 2 fully saturated rings. The second-order valence-corrected chi connectivity index (χ2v) is 6.21. The number of nitrogens with zero attached hydrogens (tertiary/aromatic N) is 1. The van der Waals surface area contributed by atoms with E-state index in [0.29, 0.717) is 0 Å². The van der Waals surface area contributed by atoms with Gasteiger partial charge in [-0.25, -0.2) is 0 Å². The van der Waals surface area contributed by atoms with Crippen molar-refractivity contribution in [3.63, 3.8) is 0 Å². The van der Waals surface area contributed by atoms with E-state index in [0.717, 1.165) is 31.3 Å². The van der Waals surface area contributed by atoms with Crippen LogP contribution in [0.2, 0.25) is 0 Å². The van der Waals surface area contributed by atoms with Crippen molar-refractivity contribution < 1.29 is 4.74 Å². The zero-order valence-corrected chi connectivity index (χ0v) is 11.8. The van der Waals surface area contributed by atoms with Gasteiger partial charge in [0.15, 0.2) is 0 Å². The van der Waals surface area contributed by atoms with Crippen molar-refractivity contribution >= 4 is 0 Å². The van der Waals surface area contributed by atoms with Crippen LogP contribution in [0.1, 0.15) is 46.5 Å². The highest BCUT2D eigenvalue weighted by atomic mass is 16.5. The van der Waals surface area contributed by atoms with Crippen molar-refractivity contribution in [2.45, 2.75) is 70.2 Å². The summed E-state index contributed by atoms with van der Waals surface area (Å²) in [6, 6.07) is 2.30. The Morgan fingerprint density at radius 1 is 1.24 bits per heavy atom. The standard InChI is InChI=1S/C14H28N2O/c1-5-17-14(2,3)10-16-12-6-7-13(16)9-11(8-12)15-4/h11-13,15H,5-10H2,1-4H3. The summed E-state index contributed by atoms with van der Waals surface area (Å²) in [5.41, 5.74) is 0.00205. The molecule has 0 saturated carbocycles. The minimum Gasteiger partial charge on any atom is -0.375 e. The first kappa shape index (κ1) is 13.3. The van der Waals surface area contributed by atoms with Crippen molar-refractivity contribution in [1.82, 2.24) is 10.2 Å². The molecule has 0 spiro atoms. The topological polar surface area (TPSA) is 24.5 Å². The third-order valence-corrected chi connectivity index (χ3v) is 4.39. The highest BCUT2D eigenvalue weighted by Crippen LogP contribution is 2.36. The molecule has 2 unspecified atom stereocenters. The number of hydrogen-bond acceptors (Lipinski definition) is 3. The molecule has 17 heavy (non-hydrogen) atoms. The van der Waals surface area contributed by atoms with Crippen LogP contribution in [0, 0.1) is 0 Å². The quantitative estimate of drug-likeness (QED) is 0.795. The Bertz CT molecular complexity index is 241. The lowest BCUT2D eigenvalue weighted by molar-refractivity contribution is -0.0515. The summed E-state index contributed by atoms with van der Waals surface area (Å²) in [7, 11) is 2.10. The van der Waals surface area contributed by atoms with Gasteiger partial charge in [0.05, 0.1) is 5.60 Å². The summed E-state index contributed by atoms with van der Waals surface area (Å²) in [4.78, 5) is 2.71. The first-order chi connectivity index (χ1) is 8.05. The lowest BCUT2D eigenvalue weighted by Gasteiger charge is -2.42. The van der Waals surface area contributed by atoms with Gasteiger partial charge in [0.25, 0.3) is 0 Å². The van der Waals surface area contributed by atoms with Crippen molar-refractivity contribution in [1.29, 1.82) is 0 Å². The van der Waals surface area contributed by atoms with Crippen LogP contribution >= 0.6 is 0 Å². The molecular formula is C14H28N2O. The van der Waals surface area contributed by atoms with Gasteiger partial charge in [0.2, 0.25) is 0 Å². The van der Waals surface area contributed by atoms with Crippen LogP contribution < -0.4 is 5.32 Å². The van der Waals surface area contributed by atoms with Gasteiger partial charge in [-0.3, -0.25) is 4.90 Å². The van der Waals surface area contributed by atoms with E-state index in [1.165, 1.54) is 25.7 Å². The maximum atomic E-state index is 5.85. The second kappa shape index (κ2) is 5.25. The number of piperidine rings is 1. The molecule has 2 saturated heterocycles. The highest BCUT2D eigenvalue weighted by Gasteiger charge is 2.42. The third kappa shape index (κ3) is 3.01. The smallest absolute Gasteiger partial charge is 0.0752 e. The van der Waals surface area contributed by atoms with Gasteiger partial charge in [-0.15, -0.1) is 0 Å². The molecule has 0 aromatic heterocycles. The molecule has 0 aromatic rings. The molecule has 2 rings (SSSR count). The van der Waals surface area contributed by atoms with Crippen LogP contribution in [0.4, 0.5) is 0 Å². The molecular weight excluding hydrogens is 212 g/mol. The average Bonchev–Trinajstić information content (AvgIpc) is 2.52. The third-order valence-electron chi connectivity index (χ3n) is 4.39. The number of rotatable bonds is 5. The zero-order valence-electron chi connectivity index (χ0n) is 11.8. The van der Waals surface area contributed by atoms with Gasteiger partial charge >= 0.3 is 0 Å². The minimum absolute atomic E-state index is 0.00205. The lowest BCUT2D eigenvalue weighted by atomic mass is 9.95. The largest absolute Gasteiger partial charge is 0.375 e. The fourth-order valence-corrected chi connectivity index (χ4v) is 3.64. The molecule has 2 aliphatic heterocycles. The Morgan fingerprint density at radius 2 is 1.82 bits per heavy atom. The molecule has 0 radical (unpaired) electrons. The van der Waals surface area contributed by atoms with E-state index in [4.69, 9.17) is 4.74 Å². The van der Waals surface area contributed by atoms with Gasteiger partial charge in [-0.1, -0.05) is 0 Å². The summed E-state index contributed by atoms with van der Waals surface area (Å²) in [6.45, 7) is 8.44. The molecule has 0 aliphatic carbocycles. The Hall–Kier alpha value is -0.120. The van der Waals surface area contributed by atoms with E-state index >= 15 is 0 Å². The molecule has 2 aliphatic rings. The number of nitrogens with one attached hydrogen (secondary N) is 1. The Balaban J connectivity index is 1.95. The Morgan fingerprint density at radius 3 is 2.29 bits per heavy atom. The van der Waals surface area contributed by atoms with Crippen LogP contribution in [-0.4, -0.2) is 48.8 Å². The predicted molar refractivity (Wildman–Crippen MR) is 71.3 cm³/mol. The molecule has 100 valence electrons. The van der Waals surface area contributed by atoms with Gasteiger partial charge in [-0.05, 0) is 53.5 Å². The monoisotopic (exact) mass is 240 g/mol. The number of ether oxygens (including phenoxy) is 1. The zero-order chi connectivity index (χ0) is 12.5. The first-order valence-electron chi connectivity index (χ1n) is 7.12. The van der Waals surface area contributed by atoms with Crippen molar-refractivity contribution in [3.05, 3.63) is 0 Å². The predicted octanol–water partition coefficient (Wildman–Crippen LogP) is 2.02. The van der Waals surface area contributed by atoms with E-state index in [1.807, 2.05) is 0 Å². The van der Waals surface area contributed by atoms with Gasteiger partial charge in [0, 0.05) is 31.3 Å². The highest BCUT2D eigenvalue weighted by molar-refractivity contribution is 4.98. The van der Waals surface area contributed by atoms with E-state index < -0.39 is 0 Å². The molecule has 0 amide bonds. The SMILES string of the molecule is CCOC(C)(C)CN1C2CCC1CC(NC)C2. The molecule has 2 bridgehead atoms. The molecule has 2 heterocycles. The van der Waals surface area contributed by atoms with Crippen LogP contribution in [0.25, 0.3) is 0 Å². The summed E-state index contributed by atoms with van der Waals surface area (Å²) in [6.07, 6.45) is 5.39.